The van der Waals surface area contributed by atoms with Gasteiger partial charge in [0.25, 0.3) is 0 Å². The van der Waals surface area contributed by atoms with Crippen LogP contribution in [-0.2, 0) is 4.79 Å². The second-order valence-corrected chi connectivity index (χ2v) is 6.26. The number of carbonyl (C=O) groups is 1. The molecule has 0 spiro atoms. The maximum atomic E-state index is 11.4. The van der Waals surface area contributed by atoms with Gasteiger partial charge in [0, 0.05) is 25.2 Å². The van der Waals surface area contributed by atoms with Crippen molar-refractivity contribution >= 4 is 17.5 Å². The summed E-state index contributed by atoms with van der Waals surface area (Å²) in [6.07, 6.45) is 6.04. The van der Waals surface area contributed by atoms with Crippen molar-refractivity contribution in [3.05, 3.63) is 12.4 Å². The van der Waals surface area contributed by atoms with Gasteiger partial charge in [-0.05, 0) is 38.5 Å². The summed E-state index contributed by atoms with van der Waals surface area (Å²) in [4.78, 5) is 22.3. The van der Waals surface area contributed by atoms with Crippen molar-refractivity contribution in [3.8, 4) is 0 Å². The topological polar surface area (TPSA) is 84.1 Å². The molecule has 0 radical (unpaired) electrons. The van der Waals surface area contributed by atoms with Crippen LogP contribution in [0.3, 0.4) is 0 Å². The van der Waals surface area contributed by atoms with E-state index in [1.807, 2.05) is 6.07 Å². The van der Waals surface area contributed by atoms with Gasteiger partial charge in [-0.3, -0.25) is 4.79 Å². The minimum absolute atomic E-state index is 0.0842. The molecule has 114 valence electrons. The molecule has 2 atom stereocenters. The minimum Gasteiger partial charge on any atom is -0.370 e. The number of rotatable bonds is 5. The Labute approximate surface area is 125 Å². The van der Waals surface area contributed by atoms with Crippen LogP contribution in [0.1, 0.15) is 32.6 Å². The maximum Gasteiger partial charge on any atom is 0.222 e. The van der Waals surface area contributed by atoms with E-state index in [4.69, 9.17) is 5.73 Å². The number of anilines is 2. The van der Waals surface area contributed by atoms with Gasteiger partial charge in [0.15, 0.2) is 0 Å². The van der Waals surface area contributed by atoms with Gasteiger partial charge in [-0.25, -0.2) is 9.97 Å². The van der Waals surface area contributed by atoms with Gasteiger partial charge in [-0.2, -0.15) is 0 Å². The Balaban J connectivity index is 1.71. The molecule has 1 aliphatic carbocycles. The molecule has 6 nitrogen and oxygen atoms in total. The van der Waals surface area contributed by atoms with Crippen LogP contribution in [0.15, 0.2) is 12.4 Å². The third-order valence-electron chi connectivity index (χ3n) is 4.50. The predicted molar refractivity (Wildman–Crippen MR) is 82.0 cm³/mol. The molecule has 1 amide bonds. The Bertz CT molecular complexity index is 517. The normalized spacial score (nSPS) is 25.7. The molecular weight excluding hydrogens is 266 g/mol. The van der Waals surface area contributed by atoms with Crippen LogP contribution >= 0.6 is 0 Å². The first kappa shape index (κ1) is 14.1. The lowest BCUT2D eigenvalue weighted by molar-refractivity contribution is -0.122. The van der Waals surface area contributed by atoms with E-state index in [1.165, 1.54) is 12.8 Å². The number of amides is 1. The van der Waals surface area contributed by atoms with E-state index in [0.717, 1.165) is 36.9 Å². The molecule has 0 unspecified atom stereocenters. The quantitative estimate of drug-likeness (QED) is 0.855. The number of aromatic nitrogens is 2. The molecule has 2 fully saturated rings. The van der Waals surface area contributed by atoms with Crippen molar-refractivity contribution in [3.63, 3.8) is 0 Å². The summed E-state index contributed by atoms with van der Waals surface area (Å²) >= 11 is 0. The highest BCUT2D eigenvalue weighted by Crippen LogP contribution is 2.30. The molecule has 1 aromatic heterocycles. The Hall–Kier alpha value is -1.85. The number of nitrogens with zero attached hydrogens (tertiary/aromatic N) is 3. The fourth-order valence-corrected chi connectivity index (χ4v) is 2.83. The minimum atomic E-state index is -0.215. The van der Waals surface area contributed by atoms with E-state index >= 15 is 0 Å². The SMILES string of the molecule is C[C@H]1CC[C@@H](C(N)=O)CN1c1cc(NCC2CC2)ncn1. The van der Waals surface area contributed by atoms with E-state index in [0.29, 0.717) is 12.6 Å². The second-order valence-electron chi connectivity index (χ2n) is 6.26. The Morgan fingerprint density at radius 2 is 2.19 bits per heavy atom. The van der Waals surface area contributed by atoms with E-state index in [-0.39, 0.29) is 11.8 Å². The lowest BCUT2D eigenvalue weighted by Gasteiger charge is -2.37. The van der Waals surface area contributed by atoms with Crippen molar-refractivity contribution in [2.75, 3.05) is 23.3 Å². The van der Waals surface area contributed by atoms with Crippen LogP contribution in [0.4, 0.5) is 11.6 Å². The van der Waals surface area contributed by atoms with Crippen molar-refractivity contribution in [2.45, 2.75) is 38.6 Å². The van der Waals surface area contributed by atoms with Gasteiger partial charge in [0.05, 0.1) is 5.92 Å². The number of hydrogen-bond acceptors (Lipinski definition) is 5. The summed E-state index contributed by atoms with van der Waals surface area (Å²) in [5, 5.41) is 3.37. The molecule has 1 aromatic rings. The molecular formula is C15H23N5O. The molecule has 1 saturated heterocycles. The summed E-state index contributed by atoms with van der Waals surface area (Å²) in [6, 6.07) is 2.34. The lowest BCUT2D eigenvalue weighted by atomic mass is 9.93. The largest absolute Gasteiger partial charge is 0.370 e. The molecule has 0 aromatic carbocycles. The van der Waals surface area contributed by atoms with Gasteiger partial charge < -0.3 is 16.0 Å². The van der Waals surface area contributed by atoms with Gasteiger partial charge in [0.2, 0.25) is 5.91 Å². The zero-order valence-electron chi connectivity index (χ0n) is 12.5. The Morgan fingerprint density at radius 3 is 2.90 bits per heavy atom. The van der Waals surface area contributed by atoms with E-state index < -0.39 is 0 Å². The van der Waals surface area contributed by atoms with E-state index in [2.05, 4.69) is 27.1 Å². The van der Waals surface area contributed by atoms with Crippen LogP contribution < -0.4 is 16.0 Å². The molecule has 3 rings (SSSR count). The van der Waals surface area contributed by atoms with Crippen LogP contribution in [0, 0.1) is 11.8 Å². The summed E-state index contributed by atoms with van der Waals surface area (Å²) in [7, 11) is 0. The fourth-order valence-electron chi connectivity index (χ4n) is 2.83. The van der Waals surface area contributed by atoms with Crippen molar-refractivity contribution in [1.29, 1.82) is 0 Å². The van der Waals surface area contributed by atoms with Gasteiger partial charge in [-0.15, -0.1) is 0 Å². The summed E-state index contributed by atoms with van der Waals surface area (Å²) in [6.45, 7) is 3.79. The number of nitrogens with one attached hydrogen (secondary N) is 1. The van der Waals surface area contributed by atoms with Crippen molar-refractivity contribution in [1.82, 2.24) is 9.97 Å². The predicted octanol–water partition coefficient (Wildman–Crippen LogP) is 1.39. The van der Waals surface area contributed by atoms with Crippen LogP contribution in [0.2, 0.25) is 0 Å². The summed E-state index contributed by atoms with van der Waals surface area (Å²) in [5.74, 6) is 2.24. The maximum absolute atomic E-state index is 11.4. The Kier molecular flexibility index (Phi) is 3.94. The summed E-state index contributed by atoms with van der Waals surface area (Å²) < 4.78 is 0. The van der Waals surface area contributed by atoms with E-state index in [9.17, 15) is 4.79 Å². The van der Waals surface area contributed by atoms with Crippen LogP contribution in [0.5, 0.6) is 0 Å². The highest BCUT2D eigenvalue weighted by atomic mass is 16.1. The Morgan fingerprint density at radius 1 is 1.38 bits per heavy atom. The molecule has 1 saturated carbocycles. The highest BCUT2D eigenvalue weighted by Gasteiger charge is 2.29. The second kappa shape index (κ2) is 5.87. The number of nitrogens with two attached hydrogens (primary N) is 1. The lowest BCUT2D eigenvalue weighted by Crippen LogP contribution is -2.46. The highest BCUT2D eigenvalue weighted by molar-refractivity contribution is 5.77. The first-order valence-corrected chi connectivity index (χ1v) is 7.75. The monoisotopic (exact) mass is 289 g/mol. The zero-order chi connectivity index (χ0) is 14.8. The van der Waals surface area contributed by atoms with Crippen LogP contribution in [-0.4, -0.2) is 35.0 Å². The summed E-state index contributed by atoms with van der Waals surface area (Å²) in [5.41, 5.74) is 5.46. The van der Waals surface area contributed by atoms with Gasteiger partial charge in [-0.1, -0.05) is 0 Å². The molecule has 2 heterocycles. The fraction of sp³-hybridized carbons (Fsp3) is 0.667. The molecule has 3 N–H and O–H groups in total. The number of carbonyl (C=O) groups excluding carboxylic acids is 1. The zero-order valence-corrected chi connectivity index (χ0v) is 12.5. The molecule has 21 heavy (non-hydrogen) atoms. The first-order chi connectivity index (χ1) is 10.1. The third kappa shape index (κ3) is 3.43. The number of primary amides is 1. The molecule has 2 aliphatic rings. The van der Waals surface area contributed by atoms with E-state index in [1.54, 1.807) is 6.33 Å². The van der Waals surface area contributed by atoms with Gasteiger partial charge in [0.1, 0.15) is 18.0 Å². The van der Waals surface area contributed by atoms with Crippen molar-refractivity contribution in [2.24, 2.45) is 17.6 Å². The van der Waals surface area contributed by atoms with Crippen LogP contribution in [0.25, 0.3) is 0 Å². The molecule has 0 bridgehead atoms. The average molecular weight is 289 g/mol. The van der Waals surface area contributed by atoms with Crippen molar-refractivity contribution < 1.29 is 4.79 Å². The smallest absolute Gasteiger partial charge is 0.222 e. The molecule has 6 heteroatoms. The third-order valence-corrected chi connectivity index (χ3v) is 4.50. The number of piperidine rings is 1. The standard InChI is InChI=1S/C15H23N5O/c1-10-2-5-12(15(16)21)8-20(10)14-6-13(18-9-19-14)17-7-11-3-4-11/h6,9-12H,2-5,7-8H2,1H3,(H2,16,21)(H,17,18,19)/t10-,12+/m0/s1. The molecule has 1 aliphatic heterocycles. The average Bonchev–Trinajstić information content (AvgIpc) is 3.30. The van der Waals surface area contributed by atoms with Gasteiger partial charge >= 0.3 is 0 Å². The number of hydrogen-bond donors (Lipinski definition) is 2. The first-order valence-electron chi connectivity index (χ1n) is 7.75.